The molecular weight excluding hydrogens is 411 g/mol. The van der Waals surface area contributed by atoms with Crippen molar-refractivity contribution in [2.24, 2.45) is 0 Å². The molecule has 9 heteroatoms. The van der Waals surface area contributed by atoms with E-state index >= 15 is 0 Å². The van der Waals surface area contributed by atoms with E-state index in [9.17, 15) is 22.9 Å². The highest BCUT2D eigenvalue weighted by Gasteiger charge is 2.24. The lowest BCUT2D eigenvalue weighted by Crippen LogP contribution is -2.29. The van der Waals surface area contributed by atoms with Crippen molar-refractivity contribution < 1.29 is 22.5 Å². The number of non-ortho nitro benzene ring substituents is 1. The van der Waals surface area contributed by atoms with E-state index in [1.165, 1.54) is 42.5 Å². The number of rotatable bonds is 8. The first-order valence-corrected chi connectivity index (χ1v) is 10.8. The van der Waals surface area contributed by atoms with Crippen molar-refractivity contribution in [3.8, 4) is 5.75 Å². The first-order valence-electron chi connectivity index (χ1n) is 8.91. The third-order valence-electron chi connectivity index (χ3n) is 4.30. The highest BCUT2D eigenvalue weighted by molar-refractivity contribution is 7.92. The second kappa shape index (κ2) is 8.91. The summed E-state index contributed by atoms with van der Waals surface area (Å²) in [4.78, 5) is 10.6. The van der Waals surface area contributed by atoms with Gasteiger partial charge in [-0.25, -0.2) is 12.8 Å². The minimum atomic E-state index is -3.78. The molecule has 7 nitrogen and oxygen atoms in total. The van der Waals surface area contributed by atoms with Crippen LogP contribution in [0.5, 0.6) is 5.75 Å². The molecule has 0 aromatic heterocycles. The number of hydrogen-bond donors (Lipinski definition) is 0. The van der Waals surface area contributed by atoms with Gasteiger partial charge in [-0.1, -0.05) is 42.5 Å². The second-order valence-corrected chi connectivity index (χ2v) is 8.49. The molecule has 3 rings (SSSR count). The number of ether oxygens (including phenoxy) is 1. The molecule has 0 fully saturated rings. The minimum Gasteiger partial charge on any atom is -0.486 e. The Labute approximate surface area is 173 Å². The van der Waals surface area contributed by atoms with Gasteiger partial charge in [-0.3, -0.25) is 14.4 Å². The number of anilines is 1. The van der Waals surface area contributed by atoms with Crippen LogP contribution in [0.4, 0.5) is 15.8 Å². The van der Waals surface area contributed by atoms with Gasteiger partial charge in [-0.05, 0) is 29.3 Å². The summed E-state index contributed by atoms with van der Waals surface area (Å²) in [6.45, 7) is 0.0157. The third kappa shape index (κ3) is 5.32. The van der Waals surface area contributed by atoms with Crippen LogP contribution in [-0.4, -0.2) is 19.6 Å². The van der Waals surface area contributed by atoms with Gasteiger partial charge in [0.2, 0.25) is 10.0 Å². The first kappa shape index (κ1) is 21.3. The fourth-order valence-electron chi connectivity index (χ4n) is 2.81. The van der Waals surface area contributed by atoms with Crippen LogP contribution in [0.15, 0.2) is 72.8 Å². The lowest BCUT2D eigenvalue weighted by Gasteiger charge is -2.25. The van der Waals surface area contributed by atoms with Gasteiger partial charge in [0.05, 0.1) is 29.5 Å². The summed E-state index contributed by atoms with van der Waals surface area (Å²) in [5.41, 5.74) is 1.30. The van der Waals surface area contributed by atoms with Crippen molar-refractivity contribution in [1.29, 1.82) is 0 Å². The maximum absolute atomic E-state index is 13.2. The SMILES string of the molecule is CS(=O)(=O)N(Cc1ccc(F)cc1)c1ccc([N+](=O)[O-])cc1OCc1ccccc1. The van der Waals surface area contributed by atoms with Gasteiger partial charge in [0.25, 0.3) is 5.69 Å². The van der Waals surface area contributed by atoms with Crippen LogP contribution in [0.2, 0.25) is 0 Å². The number of benzene rings is 3. The molecule has 156 valence electrons. The van der Waals surface area contributed by atoms with Gasteiger partial charge in [0, 0.05) is 6.07 Å². The van der Waals surface area contributed by atoms with E-state index < -0.39 is 20.8 Å². The molecule has 0 saturated heterocycles. The average molecular weight is 430 g/mol. The summed E-state index contributed by atoms with van der Waals surface area (Å²) in [5.74, 6) is -0.382. The number of sulfonamides is 1. The van der Waals surface area contributed by atoms with Gasteiger partial charge in [0.1, 0.15) is 12.4 Å². The Bertz CT molecular complexity index is 1140. The Hall–Kier alpha value is -3.46. The van der Waals surface area contributed by atoms with Gasteiger partial charge in [0.15, 0.2) is 5.75 Å². The van der Waals surface area contributed by atoms with Gasteiger partial charge < -0.3 is 4.74 Å². The number of halogens is 1. The number of hydrogen-bond acceptors (Lipinski definition) is 5. The van der Waals surface area contributed by atoms with E-state index in [4.69, 9.17) is 4.74 Å². The molecule has 0 amide bonds. The fourth-order valence-corrected chi connectivity index (χ4v) is 3.70. The molecule has 0 spiro atoms. The van der Waals surface area contributed by atoms with E-state index in [-0.39, 0.29) is 30.3 Å². The molecular formula is C21H19FN2O5S. The maximum Gasteiger partial charge on any atom is 0.273 e. The van der Waals surface area contributed by atoms with Gasteiger partial charge >= 0.3 is 0 Å². The Morgan fingerprint density at radius 3 is 2.27 bits per heavy atom. The van der Waals surface area contributed by atoms with E-state index in [2.05, 4.69) is 0 Å². The van der Waals surface area contributed by atoms with E-state index in [0.717, 1.165) is 16.1 Å². The predicted octanol–water partition coefficient (Wildman–Crippen LogP) is 4.28. The van der Waals surface area contributed by atoms with Crippen molar-refractivity contribution in [3.63, 3.8) is 0 Å². The normalized spacial score (nSPS) is 11.1. The first-order chi connectivity index (χ1) is 14.2. The Kier molecular flexibility index (Phi) is 6.31. The zero-order valence-corrected chi connectivity index (χ0v) is 16.9. The summed E-state index contributed by atoms with van der Waals surface area (Å²) in [7, 11) is -3.78. The largest absolute Gasteiger partial charge is 0.486 e. The number of nitro benzene ring substituents is 1. The number of nitro groups is 1. The highest BCUT2D eigenvalue weighted by Crippen LogP contribution is 2.35. The zero-order valence-electron chi connectivity index (χ0n) is 16.1. The van der Waals surface area contributed by atoms with Crippen LogP contribution >= 0.6 is 0 Å². The average Bonchev–Trinajstić information content (AvgIpc) is 2.71. The monoisotopic (exact) mass is 430 g/mol. The summed E-state index contributed by atoms with van der Waals surface area (Å²) >= 11 is 0. The van der Waals surface area contributed by atoms with Crippen LogP contribution < -0.4 is 9.04 Å². The summed E-state index contributed by atoms with van der Waals surface area (Å²) < 4.78 is 45.1. The van der Waals surface area contributed by atoms with Gasteiger partial charge in [-0.15, -0.1) is 0 Å². The molecule has 3 aromatic carbocycles. The summed E-state index contributed by atoms with van der Waals surface area (Å²) in [5, 5.41) is 11.2. The minimum absolute atomic E-state index is 0.0561. The van der Waals surface area contributed by atoms with Crippen molar-refractivity contribution >= 4 is 21.4 Å². The van der Waals surface area contributed by atoms with Crippen molar-refractivity contribution in [3.05, 3.63) is 99.9 Å². The van der Waals surface area contributed by atoms with E-state index in [0.29, 0.717) is 5.56 Å². The molecule has 0 atom stereocenters. The zero-order chi connectivity index (χ0) is 21.7. The molecule has 0 radical (unpaired) electrons. The van der Waals surface area contributed by atoms with E-state index in [1.54, 1.807) is 0 Å². The van der Waals surface area contributed by atoms with Crippen LogP contribution in [-0.2, 0) is 23.2 Å². The highest BCUT2D eigenvalue weighted by atomic mass is 32.2. The molecule has 3 aromatic rings. The van der Waals surface area contributed by atoms with Crippen molar-refractivity contribution in [1.82, 2.24) is 0 Å². The molecule has 0 aliphatic rings. The number of nitrogens with zero attached hydrogens (tertiary/aromatic N) is 2. The molecule has 0 aliphatic carbocycles. The summed E-state index contributed by atoms with van der Waals surface area (Å²) in [6.07, 6.45) is 1.03. The van der Waals surface area contributed by atoms with Crippen LogP contribution in [0.25, 0.3) is 0 Å². The maximum atomic E-state index is 13.2. The van der Waals surface area contributed by atoms with Crippen LogP contribution in [0.1, 0.15) is 11.1 Å². The molecule has 0 saturated carbocycles. The van der Waals surface area contributed by atoms with Crippen molar-refractivity contribution in [2.75, 3.05) is 10.6 Å². The molecule has 0 heterocycles. The third-order valence-corrected chi connectivity index (χ3v) is 5.43. The Balaban J connectivity index is 2.00. The molecule has 0 unspecified atom stereocenters. The molecule has 0 N–H and O–H groups in total. The Morgan fingerprint density at radius 2 is 1.67 bits per heavy atom. The Morgan fingerprint density at radius 1 is 1.00 bits per heavy atom. The van der Waals surface area contributed by atoms with Crippen LogP contribution in [0, 0.1) is 15.9 Å². The molecule has 0 aliphatic heterocycles. The van der Waals surface area contributed by atoms with Crippen LogP contribution in [0.3, 0.4) is 0 Å². The van der Waals surface area contributed by atoms with E-state index in [1.807, 2.05) is 30.3 Å². The standard InChI is InChI=1S/C21H19FN2O5S/c1-30(27,28)23(14-16-7-9-18(22)10-8-16)20-12-11-19(24(25)26)13-21(20)29-15-17-5-3-2-4-6-17/h2-13H,14-15H2,1H3. The smallest absolute Gasteiger partial charge is 0.273 e. The lowest BCUT2D eigenvalue weighted by atomic mass is 10.2. The van der Waals surface area contributed by atoms with Crippen molar-refractivity contribution in [2.45, 2.75) is 13.2 Å². The molecule has 0 bridgehead atoms. The fraction of sp³-hybridized carbons (Fsp3) is 0.143. The topological polar surface area (TPSA) is 89.8 Å². The quantitative estimate of drug-likeness (QED) is 0.393. The predicted molar refractivity (Wildman–Crippen MR) is 111 cm³/mol. The lowest BCUT2D eigenvalue weighted by molar-refractivity contribution is -0.384. The second-order valence-electron chi connectivity index (χ2n) is 6.58. The van der Waals surface area contributed by atoms with Gasteiger partial charge in [-0.2, -0.15) is 0 Å². The molecule has 30 heavy (non-hydrogen) atoms. The summed E-state index contributed by atoms with van der Waals surface area (Å²) in [6, 6.07) is 18.3.